The molecule has 75 heavy (non-hydrogen) atoms. The lowest BCUT2D eigenvalue weighted by molar-refractivity contribution is -0.167. The van der Waals surface area contributed by atoms with E-state index in [0.717, 1.165) is 141 Å². The Morgan fingerprint density at radius 1 is 0.267 bits per heavy atom. The fourth-order valence-electron chi connectivity index (χ4n) is 8.15. The zero-order valence-electron chi connectivity index (χ0n) is 48.5. The number of hydrogen-bond acceptors (Lipinski definition) is 6. The van der Waals surface area contributed by atoms with Crippen molar-refractivity contribution >= 4 is 17.9 Å². The maximum absolute atomic E-state index is 12.9. The number of unbranched alkanes of at least 4 members (excludes halogenated alkanes) is 21. The van der Waals surface area contributed by atoms with Crippen LogP contribution in [0.2, 0.25) is 0 Å². The van der Waals surface area contributed by atoms with E-state index in [2.05, 4.69) is 154 Å². The minimum Gasteiger partial charge on any atom is -0.462 e. The third-order valence-corrected chi connectivity index (χ3v) is 12.6. The molecule has 0 rings (SSSR count). The van der Waals surface area contributed by atoms with Crippen molar-refractivity contribution in [1.82, 2.24) is 0 Å². The smallest absolute Gasteiger partial charge is 0.306 e. The maximum Gasteiger partial charge on any atom is 0.306 e. The van der Waals surface area contributed by atoms with Gasteiger partial charge in [0.2, 0.25) is 0 Å². The number of allylic oxidation sites excluding steroid dienone is 22. The summed E-state index contributed by atoms with van der Waals surface area (Å²) in [6.07, 6.45) is 87.5. The van der Waals surface area contributed by atoms with Gasteiger partial charge in [-0.1, -0.05) is 251 Å². The zero-order chi connectivity index (χ0) is 54.3. The minimum atomic E-state index is -0.812. The van der Waals surface area contributed by atoms with Gasteiger partial charge in [0, 0.05) is 19.3 Å². The summed E-state index contributed by atoms with van der Waals surface area (Å²) in [7, 11) is 0. The van der Waals surface area contributed by atoms with Crippen molar-refractivity contribution < 1.29 is 28.6 Å². The van der Waals surface area contributed by atoms with Gasteiger partial charge in [-0.15, -0.1) is 0 Å². The molecule has 0 saturated carbocycles. The molecular weight excluding hydrogens is 925 g/mol. The largest absolute Gasteiger partial charge is 0.462 e. The molecular formula is C69H112O6. The van der Waals surface area contributed by atoms with Crippen LogP contribution in [0.25, 0.3) is 0 Å². The van der Waals surface area contributed by atoms with Crippen LogP contribution in [0.1, 0.15) is 265 Å². The van der Waals surface area contributed by atoms with Crippen LogP contribution in [0.15, 0.2) is 134 Å². The van der Waals surface area contributed by atoms with E-state index in [9.17, 15) is 14.4 Å². The van der Waals surface area contributed by atoms with Crippen LogP contribution in [0.4, 0.5) is 0 Å². The van der Waals surface area contributed by atoms with Gasteiger partial charge in [0.1, 0.15) is 13.2 Å². The van der Waals surface area contributed by atoms with Crippen LogP contribution in [-0.4, -0.2) is 37.2 Å². The lowest BCUT2D eigenvalue weighted by Crippen LogP contribution is -2.30. The number of rotatable bonds is 54. The van der Waals surface area contributed by atoms with Crippen molar-refractivity contribution in [2.45, 2.75) is 271 Å². The first kappa shape index (κ1) is 70.5. The van der Waals surface area contributed by atoms with Crippen molar-refractivity contribution in [1.29, 1.82) is 0 Å². The Labute approximate surface area is 462 Å². The molecule has 0 amide bonds. The van der Waals surface area contributed by atoms with Crippen molar-refractivity contribution in [3.8, 4) is 0 Å². The predicted octanol–water partition coefficient (Wildman–Crippen LogP) is 21.0. The third-order valence-electron chi connectivity index (χ3n) is 12.6. The molecule has 0 fully saturated rings. The van der Waals surface area contributed by atoms with Crippen molar-refractivity contribution in [2.75, 3.05) is 13.2 Å². The Kier molecular flexibility index (Phi) is 58.4. The van der Waals surface area contributed by atoms with Gasteiger partial charge in [0.05, 0.1) is 0 Å². The van der Waals surface area contributed by atoms with Gasteiger partial charge >= 0.3 is 17.9 Å². The second-order valence-corrected chi connectivity index (χ2v) is 19.8. The van der Waals surface area contributed by atoms with Crippen LogP contribution in [0.5, 0.6) is 0 Å². The average Bonchev–Trinajstić information content (AvgIpc) is 3.41. The van der Waals surface area contributed by atoms with Crippen LogP contribution in [0.3, 0.4) is 0 Å². The molecule has 0 aromatic carbocycles. The van der Waals surface area contributed by atoms with Crippen LogP contribution in [0, 0.1) is 0 Å². The quantitative estimate of drug-likeness (QED) is 0.0261. The average molecular weight is 1040 g/mol. The highest BCUT2D eigenvalue weighted by molar-refractivity contribution is 5.71. The van der Waals surface area contributed by atoms with E-state index in [4.69, 9.17) is 14.2 Å². The Balaban J connectivity index is 4.34. The molecule has 0 aromatic rings. The summed E-state index contributed by atoms with van der Waals surface area (Å²) in [5.74, 6) is -0.964. The molecule has 0 aliphatic rings. The lowest BCUT2D eigenvalue weighted by Gasteiger charge is -2.18. The summed E-state index contributed by atoms with van der Waals surface area (Å²) in [5.41, 5.74) is 0. The molecule has 0 spiro atoms. The van der Waals surface area contributed by atoms with E-state index >= 15 is 0 Å². The molecule has 0 aromatic heterocycles. The highest BCUT2D eigenvalue weighted by Gasteiger charge is 2.19. The van der Waals surface area contributed by atoms with E-state index in [0.29, 0.717) is 19.3 Å². The summed E-state index contributed by atoms with van der Waals surface area (Å²) in [6.45, 7) is 6.25. The molecule has 0 aliphatic heterocycles. The number of esters is 3. The topological polar surface area (TPSA) is 78.9 Å². The molecule has 0 aliphatic carbocycles. The second kappa shape index (κ2) is 62.1. The normalized spacial score (nSPS) is 13.1. The van der Waals surface area contributed by atoms with Crippen molar-refractivity contribution in [3.63, 3.8) is 0 Å². The SMILES string of the molecule is CC/C=C\C/C=C\C/C=C\C/C=C\CCCCCCCCCCCCCCCCC(=O)OCC(COC(=O)CCCCCCC/C=C\C/C=C\C/C=C\CC)OC(=O)CCCC/C=C\C/C=C\C/C=C\C/C=C\CC. The van der Waals surface area contributed by atoms with Crippen molar-refractivity contribution in [3.05, 3.63) is 134 Å². The van der Waals surface area contributed by atoms with Gasteiger partial charge in [-0.2, -0.15) is 0 Å². The van der Waals surface area contributed by atoms with E-state index in [-0.39, 0.29) is 37.5 Å². The van der Waals surface area contributed by atoms with Gasteiger partial charge in [-0.05, 0) is 128 Å². The number of carbonyl (C=O) groups is 3. The van der Waals surface area contributed by atoms with Gasteiger partial charge < -0.3 is 14.2 Å². The molecule has 0 bridgehead atoms. The summed E-state index contributed by atoms with van der Waals surface area (Å²) < 4.78 is 16.8. The summed E-state index contributed by atoms with van der Waals surface area (Å²) in [5, 5.41) is 0. The fourth-order valence-corrected chi connectivity index (χ4v) is 8.15. The molecule has 0 radical (unpaired) electrons. The first-order valence-electron chi connectivity index (χ1n) is 30.7. The standard InChI is InChI=1S/C69H112O6/c1-4-7-10-13-16-19-22-25-28-29-30-31-32-33-34-35-36-37-38-39-42-44-47-50-53-56-59-62-68(71)74-65-66(75-69(72)63-60-57-54-51-48-45-41-27-24-21-18-15-12-9-6-3)64-73-67(70)61-58-55-52-49-46-43-40-26-23-20-17-14-11-8-5-2/h7-12,16-21,25-28,30-31,40-41,48,51,66H,4-6,13-15,22-24,29,32-39,42-47,49-50,52-65H2,1-3H3/b10-7-,11-8-,12-9-,19-16-,20-17-,21-18-,28-25-,31-30-,40-26-,41-27-,51-48-. The maximum atomic E-state index is 12.9. The Hall–Kier alpha value is -4.45. The van der Waals surface area contributed by atoms with Gasteiger partial charge in [-0.3, -0.25) is 14.4 Å². The lowest BCUT2D eigenvalue weighted by atomic mass is 10.0. The Bertz CT molecular complexity index is 1620. The molecule has 6 heteroatoms. The molecule has 1 unspecified atom stereocenters. The number of carbonyl (C=O) groups excluding carboxylic acids is 3. The molecule has 0 N–H and O–H groups in total. The van der Waals surface area contributed by atoms with E-state index in [1.165, 1.54) is 77.0 Å². The molecule has 6 nitrogen and oxygen atoms in total. The zero-order valence-corrected chi connectivity index (χ0v) is 48.5. The van der Waals surface area contributed by atoms with Gasteiger partial charge in [0.25, 0.3) is 0 Å². The summed E-state index contributed by atoms with van der Waals surface area (Å²) in [6, 6.07) is 0. The van der Waals surface area contributed by atoms with Gasteiger partial charge in [0.15, 0.2) is 6.10 Å². The first-order valence-corrected chi connectivity index (χ1v) is 30.7. The number of ether oxygens (including phenoxy) is 3. The van der Waals surface area contributed by atoms with E-state index in [1.54, 1.807) is 0 Å². The highest BCUT2D eigenvalue weighted by atomic mass is 16.6. The van der Waals surface area contributed by atoms with Crippen LogP contribution in [-0.2, 0) is 28.6 Å². The molecule has 1 atom stereocenters. The summed E-state index contributed by atoms with van der Waals surface area (Å²) in [4.78, 5) is 38.2. The monoisotopic (exact) mass is 1040 g/mol. The Morgan fingerprint density at radius 3 is 0.773 bits per heavy atom. The van der Waals surface area contributed by atoms with Crippen molar-refractivity contribution in [2.24, 2.45) is 0 Å². The fraction of sp³-hybridized carbons (Fsp3) is 0.638. The summed E-state index contributed by atoms with van der Waals surface area (Å²) >= 11 is 0. The highest BCUT2D eigenvalue weighted by Crippen LogP contribution is 2.15. The minimum absolute atomic E-state index is 0.104. The predicted molar refractivity (Wildman–Crippen MR) is 325 cm³/mol. The number of hydrogen-bond donors (Lipinski definition) is 0. The van der Waals surface area contributed by atoms with Crippen LogP contribution < -0.4 is 0 Å². The molecule has 0 saturated heterocycles. The van der Waals surface area contributed by atoms with Gasteiger partial charge in [-0.25, -0.2) is 0 Å². The van der Waals surface area contributed by atoms with E-state index in [1.807, 2.05) is 0 Å². The first-order chi connectivity index (χ1) is 37.0. The molecule has 424 valence electrons. The second-order valence-electron chi connectivity index (χ2n) is 19.8. The Morgan fingerprint density at radius 2 is 0.480 bits per heavy atom. The van der Waals surface area contributed by atoms with Crippen LogP contribution >= 0.6 is 0 Å². The van der Waals surface area contributed by atoms with E-state index < -0.39 is 6.10 Å². The molecule has 0 heterocycles. The third kappa shape index (κ3) is 60.3.